The van der Waals surface area contributed by atoms with E-state index in [-0.39, 0.29) is 0 Å². The first-order chi connectivity index (χ1) is 9.79. The lowest BCUT2D eigenvalue weighted by atomic mass is 9.62. The number of rotatable bonds is 8. The molecule has 0 bridgehead atoms. The second-order valence-electron chi connectivity index (χ2n) is 8.76. The first kappa shape index (κ1) is 19.4. The Bertz CT molecular complexity index is 272. The Morgan fingerprint density at radius 1 is 1.19 bits per heavy atom. The predicted octanol–water partition coefficient (Wildman–Crippen LogP) is 5.60. The molecule has 0 heterocycles. The van der Waals surface area contributed by atoms with Crippen LogP contribution in [0.5, 0.6) is 0 Å². The van der Waals surface area contributed by atoms with Crippen LogP contribution in [0.3, 0.4) is 0 Å². The Morgan fingerprint density at radius 2 is 1.81 bits per heavy atom. The maximum atomic E-state index is 3.77. The topological polar surface area (TPSA) is 12.0 Å². The summed E-state index contributed by atoms with van der Waals surface area (Å²) in [4.78, 5) is 0. The maximum Gasteiger partial charge on any atom is 0.000793 e. The van der Waals surface area contributed by atoms with Gasteiger partial charge in [-0.2, -0.15) is 11.8 Å². The van der Waals surface area contributed by atoms with E-state index in [9.17, 15) is 0 Å². The second-order valence-corrected chi connectivity index (χ2v) is 9.75. The highest BCUT2D eigenvalue weighted by molar-refractivity contribution is 7.98. The average Bonchev–Trinajstić information content (AvgIpc) is 2.38. The van der Waals surface area contributed by atoms with Crippen molar-refractivity contribution in [1.29, 1.82) is 0 Å². The zero-order chi connectivity index (χ0) is 15.9. The highest BCUT2D eigenvalue weighted by Gasteiger charge is 2.38. The van der Waals surface area contributed by atoms with E-state index in [2.05, 4.69) is 46.2 Å². The molecule has 0 radical (unpaired) electrons. The van der Waals surface area contributed by atoms with E-state index in [4.69, 9.17) is 0 Å². The van der Waals surface area contributed by atoms with Gasteiger partial charge in [0, 0.05) is 6.54 Å². The van der Waals surface area contributed by atoms with Crippen LogP contribution >= 0.6 is 11.8 Å². The molecule has 0 aliphatic heterocycles. The van der Waals surface area contributed by atoms with E-state index in [0.29, 0.717) is 10.8 Å². The van der Waals surface area contributed by atoms with Gasteiger partial charge in [-0.15, -0.1) is 0 Å². The van der Waals surface area contributed by atoms with Crippen molar-refractivity contribution in [2.24, 2.45) is 22.7 Å². The van der Waals surface area contributed by atoms with Crippen molar-refractivity contribution in [2.75, 3.05) is 25.1 Å². The van der Waals surface area contributed by atoms with E-state index in [1.54, 1.807) is 0 Å². The van der Waals surface area contributed by atoms with Crippen LogP contribution in [0.4, 0.5) is 0 Å². The van der Waals surface area contributed by atoms with Crippen LogP contribution in [0.15, 0.2) is 0 Å². The van der Waals surface area contributed by atoms with Crippen molar-refractivity contribution in [3.8, 4) is 0 Å². The minimum absolute atomic E-state index is 0.497. The van der Waals surface area contributed by atoms with Crippen molar-refractivity contribution in [3.05, 3.63) is 0 Å². The van der Waals surface area contributed by atoms with Crippen molar-refractivity contribution in [3.63, 3.8) is 0 Å². The monoisotopic (exact) mass is 313 g/mol. The SMILES string of the molecule is CSCCCC1(CNCC(C)C)CCC(C(C)(C)C)CC1. The summed E-state index contributed by atoms with van der Waals surface area (Å²) in [5.74, 6) is 3.02. The molecule has 1 saturated carbocycles. The molecule has 2 heteroatoms. The molecule has 0 aromatic heterocycles. The van der Waals surface area contributed by atoms with Gasteiger partial charge < -0.3 is 5.32 Å². The Labute approximate surface area is 138 Å². The summed E-state index contributed by atoms with van der Waals surface area (Å²) in [5, 5.41) is 3.77. The van der Waals surface area contributed by atoms with Crippen LogP contribution in [-0.2, 0) is 0 Å². The van der Waals surface area contributed by atoms with Gasteiger partial charge in [0.05, 0.1) is 0 Å². The van der Waals surface area contributed by atoms with Crippen LogP contribution in [0.25, 0.3) is 0 Å². The molecule has 0 aromatic rings. The Kier molecular flexibility index (Phi) is 8.13. The van der Waals surface area contributed by atoms with Gasteiger partial charge in [-0.3, -0.25) is 0 Å². The lowest BCUT2D eigenvalue weighted by Gasteiger charge is -2.44. The summed E-state index contributed by atoms with van der Waals surface area (Å²) in [7, 11) is 0. The van der Waals surface area contributed by atoms with Crippen molar-refractivity contribution in [2.45, 2.75) is 73.1 Å². The first-order valence-corrected chi connectivity index (χ1v) is 10.4. The molecule has 0 unspecified atom stereocenters. The number of hydrogen-bond donors (Lipinski definition) is 1. The Hall–Kier alpha value is 0.310. The van der Waals surface area contributed by atoms with Gasteiger partial charge in [0.2, 0.25) is 0 Å². The second kappa shape index (κ2) is 8.82. The molecule has 1 N–H and O–H groups in total. The molecule has 0 saturated heterocycles. The molecule has 1 nitrogen and oxygen atoms in total. The Morgan fingerprint density at radius 3 is 2.29 bits per heavy atom. The van der Waals surface area contributed by atoms with Gasteiger partial charge in [0.15, 0.2) is 0 Å². The lowest BCUT2D eigenvalue weighted by molar-refractivity contribution is 0.0788. The fourth-order valence-electron chi connectivity index (χ4n) is 3.83. The molecular weight excluding hydrogens is 274 g/mol. The molecule has 1 aliphatic carbocycles. The minimum Gasteiger partial charge on any atom is -0.316 e. The molecular formula is C19H39NS. The van der Waals surface area contributed by atoms with Crippen molar-refractivity contribution in [1.82, 2.24) is 5.32 Å². The van der Waals surface area contributed by atoms with E-state index < -0.39 is 0 Å². The molecule has 1 fully saturated rings. The predicted molar refractivity (Wildman–Crippen MR) is 99.2 cm³/mol. The molecule has 0 atom stereocenters. The molecule has 0 amide bonds. The summed E-state index contributed by atoms with van der Waals surface area (Å²) in [6, 6.07) is 0. The Balaban J connectivity index is 2.54. The van der Waals surface area contributed by atoms with Crippen molar-refractivity contribution >= 4 is 11.8 Å². The van der Waals surface area contributed by atoms with Gasteiger partial charge in [-0.05, 0) is 79.7 Å². The molecule has 21 heavy (non-hydrogen) atoms. The maximum absolute atomic E-state index is 3.77. The molecule has 0 aromatic carbocycles. The van der Waals surface area contributed by atoms with Crippen LogP contribution in [0.1, 0.15) is 73.1 Å². The van der Waals surface area contributed by atoms with E-state index >= 15 is 0 Å². The van der Waals surface area contributed by atoms with Crippen LogP contribution in [0.2, 0.25) is 0 Å². The minimum atomic E-state index is 0.497. The quantitative estimate of drug-likeness (QED) is 0.586. The summed E-state index contributed by atoms with van der Waals surface area (Å²) in [6.45, 7) is 14.3. The summed E-state index contributed by atoms with van der Waals surface area (Å²) < 4.78 is 0. The third-order valence-electron chi connectivity index (χ3n) is 5.38. The van der Waals surface area contributed by atoms with Crippen LogP contribution in [-0.4, -0.2) is 25.1 Å². The zero-order valence-electron chi connectivity index (χ0n) is 15.4. The van der Waals surface area contributed by atoms with Crippen LogP contribution in [0, 0.1) is 22.7 Å². The fraction of sp³-hybridized carbons (Fsp3) is 1.00. The first-order valence-electron chi connectivity index (χ1n) is 8.99. The lowest BCUT2D eigenvalue weighted by Crippen LogP contribution is -2.40. The number of nitrogens with one attached hydrogen (secondary N) is 1. The number of hydrogen-bond acceptors (Lipinski definition) is 2. The van der Waals surface area contributed by atoms with Gasteiger partial charge in [0.25, 0.3) is 0 Å². The smallest absolute Gasteiger partial charge is 0.000793 e. The third-order valence-corrected chi connectivity index (χ3v) is 6.08. The molecule has 1 aliphatic rings. The van der Waals surface area contributed by atoms with Gasteiger partial charge in [-0.25, -0.2) is 0 Å². The summed E-state index contributed by atoms with van der Waals surface area (Å²) >= 11 is 2.00. The normalized spacial score (nSPS) is 27.3. The average molecular weight is 314 g/mol. The summed E-state index contributed by atoms with van der Waals surface area (Å²) in [6.07, 6.45) is 10.8. The zero-order valence-corrected chi connectivity index (χ0v) is 16.2. The van der Waals surface area contributed by atoms with E-state index in [1.165, 1.54) is 57.4 Å². The van der Waals surface area contributed by atoms with Crippen LogP contribution < -0.4 is 5.32 Å². The van der Waals surface area contributed by atoms with Gasteiger partial charge in [0.1, 0.15) is 0 Å². The molecule has 126 valence electrons. The van der Waals surface area contributed by atoms with E-state index in [1.807, 2.05) is 11.8 Å². The molecule has 0 spiro atoms. The van der Waals surface area contributed by atoms with Gasteiger partial charge >= 0.3 is 0 Å². The van der Waals surface area contributed by atoms with E-state index in [0.717, 1.165) is 11.8 Å². The fourth-order valence-corrected chi connectivity index (χ4v) is 4.26. The summed E-state index contributed by atoms with van der Waals surface area (Å²) in [5.41, 5.74) is 1.09. The van der Waals surface area contributed by atoms with Crippen molar-refractivity contribution < 1.29 is 0 Å². The number of thioether (sulfide) groups is 1. The third kappa shape index (κ3) is 6.95. The highest BCUT2D eigenvalue weighted by atomic mass is 32.2. The molecule has 1 rings (SSSR count). The standard InChI is InChI=1S/C19H39NS/c1-16(2)14-20-15-19(10-7-13-21-6)11-8-17(9-12-19)18(3,4)5/h16-17,20H,7-15H2,1-6H3. The highest BCUT2D eigenvalue weighted by Crippen LogP contribution is 2.47. The van der Waals surface area contributed by atoms with Gasteiger partial charge in [-0.1, -0.05) is 34.6 Å². The largest absolute Gasteiger partial charge is 0.316 e.